The van der Waals surface area contributed by atoms with Crippen LogP contribution in [0.25, 0.3) is 5.76 Å². The number of methoxy groups -OCH3 is 1. The molecular formula is C30H31NO5. The van der Waals surface area contributed by atoms with E-state index < -0.39 is 17.7 Å². The van der Waals surface area contributed by atoms with Crippen LogP contribution in [0.1, 0.15) is 47.2 Å². The smallest absolute Gasteiger partial charge is 0.295 e. The van der Waals surface area contributed by atoms with E-state index >= 15 is 0 Å². The van der Waals surface area contributed by atoms with Gasteiger partial charge < -0.3 is 19.5 Å². The lowest BCUT2D eigenvalue weighted by Gasteiger charge is -2.26. The zero-order valence-electron chi connectivity index (χ0n) is 21.1. The molecule has 1 aliphatic rings. The fraction of sp³-hybridized carbons (Fsp3) is 0.267. The Kier molecular flexibility index (Phi) is 7.44. The zero-order chi connectivity index (χ0) is 25.8. The Morgan fingerprint density at radius 3 is 2.44 bits per heavy atom. The number of likely N-dealkylation sites (tertiary alicyclic amines) is 1. The van der Waals surface area contributed by atoms with Gasteiger partial charge in [-0.2, -0.15) is 0 Å². The monoisotopic (exact) mass is 485 g/mol. The SMILES string of the molecule is CCCOc1ccc(/C(O)=C2/C(=O)C(=O)N(Cc3ccccc3OC)C2c2cccc(C)c2)cc1C. The summed E-state index contributed by atoms with van der Waals surface area (Å²) < 4.78 is 11.2. The molecule has 3 aromatic rings. The first-order valence-corrected chi connectivity index (χ1v) is 12.1. The van der Waals surface area contributed by atoms with Gasteiger partial charge in [-0.3, -0.25) is 9.59 Å². The van der Waals surface area contributed by atoms with Crippen LogP contribution in [0, 0.1) is 13.8 Å². The molecule has 4 rings (SSSR count). The van der Waals surface area contributed by atoms with Gasteiger partial charge in [0.1, 0.15) is 17.3 Å². The fourth-order valence-electron chi connectivity index (χ4n) is 4.57. The van der Waals surface area contributed by atoms with Crippen LogP contribution in [0.3, 0.4) is 0 Å². The number of nitrogens with zero attached hydrogens (tertiary/aromatic N) is 1. The summed E-state index contributed by atoms with van der Waals surface area (Å²) in [6, 6.07) is 19.6. The Hall–Kier alpha value is -4.06. The van der Waals surface area contributed by atoms with Crippen molar-refractivity contribution in [1.82, 2.24) is 4.90 Å². The van der Waals surface area contributed by atoms with Crippen LogP contribution in [0.2, 0.25) is 0 Å². The topological polar surface area (TPSA) is 76.1 Å². The predicted molar refractivity (Wildman–Crippen MR) is 139 cm³/mol. The number of aliphatic hydroxyl groups excluding tert-OH is 1. The summed E-state index contributed by atoms with van der Waals surface area (Å²) >= 11 is 0. The Balaban J connectivity index is 1.83. The van der Waals surface area contributed by atoms with E-state index in [2.05, 4.69) is 0 Å². The molecule has 0 saturated carbocycles. The van der Waals surface area contributed by atoms with Gasteiger partial charge in [-0.15, -0.1) is 0 Å². The van der Waals surface area contributed by atoms with Crippen molar-refractivity contribution in [1.29, 1.82) is 0 Å². The number of ether oxygens (including phenoxy) is 2. The highest BCUT2D eigenvalue weighted by atomic mass is 16.5. The van der Waals surface area contributed by atoms with Crippen molar-refractivity contribution >= 4 is 17.4 Å². The van der Waals surface area contributed by atoms with Crippen LogP contribution >= 0.6 is 0 Å². The largest absolute Gasteiger partial charge is 0.507 e. The van der Waals surface area contributed by atoms with E-state index in [0.717, 1.165) is 34.4 Å². The lowest BCUT2D eigenvalue weighted by Crippen LogP contribution is -2.29. The van der Waals surface area contributed by atoms with Crippen molar-refractivity contribution in [3.63, 3.8) is 0 Å². The molecule has 0 aromatic heterocycles. The molecule has 1 aliphatic heterocycles. The molecule has 1 atom stereocenters. The maximum absolute atomic E-state index is 13.4. The highest BCUT2D eigenvalue weighted by molar-refractivity contribution is 6.46. The molecule has 1 amide bonds. The predicted octanol–water partition coefficient (Wildman–Crippen LogP) is 5.72. The number of hydrogen-bond acceptors (Lipinski definition) is 5. The number of aryl methyl sites for hydroxylation is 2. The number of hydrogen-bond donors (Lipinski definition) is 1. The summed E-state index contributed by atoms with van der Waals surface area (Å²) in [6.07, 6.45) is 0.882. The second-order valence-corrected chi connectivity index (χ2v) is 8.98. The minimum atomic E-state index is -0.744. The van der Waals surface area contributed by atoms with Gasteiger partial charge in [-0.1, -0.05) is 55.0 Å². The molecule has 6 heteroatoms. The van der Waals surface area contributed by atoms with Gasteiger partial charge >= 0.3 is 0 Å². The van der Waals surface area contributed by atoms with E-state index in [4.69, 9.17) is 9.47 Å². The first-order valence-electron chi connectivity index (χ1n) is 12.1. The van der Waals surface area contributed by atoms with Crippen LogP contribution in [-0.2, 0) is 16.1 Å². The van der Waals surface area contributed by atoms with Gasteiger partial charge in [0, 0.05) is 11.1 Å². The first-order chi connectivity index (χ1) is 17.3. The number of rotatable bonds is 8. The molecule has 0 bridgehead atoms. The van der Waals surface area contributed by atoms with Crippen LogP contribution < -0.4 is 9.47 Å². The molecular weight excluding hydrogens is 454 g/mol. The Labute approximate surface area is 211 Å². The van der Waals surface area contributed by atoms with Crippen LogP contribution in [0.5, 0.6) is 11.5 Å². The van der Waals surface area contributed by atoms with E-state index in [1.165, 1.54) is 4.90 Å². The zero-order valence-corrected chi connectivity index (χ0v) is 21.1. The molecule has 1 N–H and O–H groups in total. The number of amides is 1. The molecule has 1 heterocycles. The van der Waals surface area contributed by atoms with E-state index in [1.54, 1.807) is 25.3 Å². The second kappa shape index (κ2) is 10.7. The van der Waals surface area contributed by atoms with E-state index in [-0.39, 0.29) is 17.9 Å². The molecule has 1 fully saturated rings. The molecule has 186 valence electrons. The van der Waals surface area contributed by atoms with Crippen molar-refractivity contribution in [2.24, 2.45) is 0 Å². The number of carbonyl (C=O) groups excluding carboxylic acids is 2. The maximum Gasteiger partial charge on any atom is 0.295 e. The summed E-state index contributed by atoms with van der Waals surface area (Å²) in [5, 5.41) is 11.4. The average molecular weight is 486 g/mol. The fourth-order valence-corrected chi connectivity index (χ4v) is 4.57. The summed E-state index contributed by atoms with van der Waals surface area (Å²) in [4.78, 5) is 28.2. The minimum absolute atomic E-state index is 0.0714. The number of carbonyl (C=O) groups is 2. The molecule has 0 radical (unpaired) electrons. The normalized spacial score (nSPS) is 16.9. The number of Topliss-reactive ketones (excluding diaryl/α,β-unsaturated/α-hetero) is 1. The molecule has 1 saturated heterocycles. The van der Waals surface area contributed by atoms with Crippen LogP contribution in [0.4, 0.5) is 0 Å². The van der Waals surface area contributed by atoms with Crippen molar-refractivity contribution in [3.05, 3.63) is 100 Å². The van der Waals surface area contributed by atoms with Crippen molar-refractivity contribution < 1.29 is 24.2 Å². The third kappa shape index (κ3) is 4.85. The molecule has 1 unspecified atom stereocenters. The van der Waals surface area contributed by atoms with Gasteiger partial charge in [-0.25, -0.2) is 0 Å². The number of para-hydroxylation sites is 1. The van der Waals surface area contributed by atoms with Crippen molar-refractivity contribution in [3.8, 4) is 11.5 Å². The van der Waals surface area contributed by atoms with E-state index in [9.17, 15) is 14.7 Å². The van der Waals surface area contributed by atoms with Crippen molar-refractivity contribution in [2.75, 3.05) is 13.7 Å². The summed E-state index contributed by atoms with van der Waals surface area (Å²) in [6.45, 7) is 6.62. The van der Waals surface area contributed by atoms with Gasteiger partial charge in [0.05, 0.1) is 31.9 Å². The van der Waals surface area contributed by atoms with Crippen molar-refractivity contribution in [2.45, 2.75) is 39.8 Å². The number of benzene rings is 3. The third-order valence-electron chi connectivity index (χ3n) is 6.34. The number of aliphatic hydroxyl groups is 1. The van der Waals surface area contributed by atoms with Gasteiger partial charge in [0.15, 0.2) is 0 Å². The lowest BCUT2D eigenvalue weighted by atomic mass is 9.94. The highest BCUT2D eigenvalue weighted by Gasteiger charge is 2.46. The van der Waals surface area contributed by atoms with Gasteiger partial charge in [0.25, 0.3) is 11.7 Å². The van der Waals surface area contributed by atoms with Gasteiger partial charge in [0.2, 0.25) is 0 Å². The minimum Gasteiger partial charge on any atom is -0.507 e. The number of ketones is 1. The molecule has 36 heavy (non-hydrogen) atoms. The second-order valence-electron chi connectivity index (χ2n) is 8.98. The quantitative estimate of drug-likeness (QED) is 0.251. The van der Waals surface area contributed by atoms with E-state index in [1.807, 2.05) is 69.3 Å². The Bertz CT molecular complexity index is 1330. The molecule has 3 aromatic carbocycles. The Morgan fingerprint density at radius 2 is 1.75 bits per heavy atom. The summed E-state index contributed by atoms with van der Waals surface area (Å²) in [5.41, 5.74) is 3.89. The maximum atomic E-state index is 13.4. The lowest BCUT2D eigenvalue weighted by molar-refractivity contribution is -0.140. The highest BCUT2D eigenvalue weighted by Crippen LogP contribution is 2.41. The Morgan fingerprint density at radius 1 is 0.972 bits per heavy atom. The molecule has 0 aliphatic carbocycles. The van der Waals surface area contributed by atoms with Crippen LogP contribution in [0.15, 0.2) is 72.3 Å². The standard InChI is InChI=1S/C30H31NO5/c1-5-15-36-24-14-13-22(17-20(24)3)28(32)26-27(21-11-8-9-19(2)16-21)31(30(34)29(26)33)18-23-10-6-7-12-25(23)35-4/h6-14,16-17,27,32H,5,15,18H2,1-4H3/b28-26-. The van der Waals surface area contributed by atoms with Gasteiger partial charge in [-0.05, 0) is 55.7 Å². The van der Waals surface area contributed by atoms with E-state index in [0.29, 0.717) is 17.9 Å². The average Bonchev–Trinajstić information content (AvgIpc) is 3.12. The molecule has 6 nitrogen and oxygen atoms in total. The third-order valence-corrected chi connectivity index (χ3v) is 6.34. The molecule has 0 spiro atoms. The first kappa shape index (κ1) is 25.0. The van der Waals surface area contributed by atoms with Crippen LogP contribution in [-0.4, -0.2) is 35.4 Å². The summed E-state index contributed by atoms with van der Waals surface area (Å²) in [7, 11) is 1.57. The summed E-state index contributed by atoms with van der Waals surface area (Å²) in [5.74, 6) is -0.222.